The Morgan fingerprint density at radius 3 is 2.12 bits per heavy atom. The van der Waals surface area contributed by atoms with Crippen molar-refractivity contribution < 1.29 is 20.4 Å². The third kappa shape index (κ3) is 2.31. The lowest BCUT2D eigenvalue weighted by molar-refractivity contribution is 0.368. The summed E-state index contributed by atoms with van der Waals surface area (Å²) < 4.78 is 0. The summed E-state index contributed by atoms with van der Waals surface area (Å²) in [6, 6.07) is 18.6. The molecule has 4 N–H and O–H groups in total. The topological polar surface area (TPSA) is 80.9 Å². The molecular weight excluding hydrogens is 316 g/mol. The molecule has 0 heterocycles. The van der Waals surface area contributed by atoms with Crippen molar-refractivity contribution in [3.05, 3.63) is 71.8 Å². The number of fused-ring (bicyclic) bond motifs is 2. The fraction of sp³-hybridized carbons (Fsp3) is 0.0476. The molecule has 0 bridgehead atoms. The zero-order chi connectivity index (χ0) is 17.6. The molecule has 0 aliphatic carbocycles. The monoisotopic (exact) mass is 332 g/mol. The van der Waals surface area contributed by atoms with Crippen molar-refractivity contribution in [2.45, 2.75) is 6.42 Å². The molecule has 0 saturated carbocycles. The van der Waals surface area contributed by atoms with Gasteiger partial charge in [0.1, 0.15) is 5.75 Å². The Morgan fingerprint density at radius 2 is 1.28 bits per heavy atom. The fourth-order valence-electron chi connectivity index (χ4n) is 3.36. The van der Waals surface area contributed by atoms with Crippen LogP contribution in [-0.4, -0.2) is 20.4 Å². The normalized spacial score (nSPS) is 11.2. The first-order valence-electron chi connectivity index (χ1n) is 7.92. The van der Waals surface area contributed by atoms with Crippen LogP contribution in [0, 0.1) is 0 Å². The predicted molar refractivity (Wildman–Crippen MR) is 97.4 cm³/mol. The van der Waals surface area contributed by atoms with E-state index in [-0.39, 0.29) is 16.9 Å². The molecule has 0 spiro atoms. The Hall–Kier alpha value is -3.40. The average molecular weight is 332 g/mol. The Labute approximate surface area is 143 Å². The second-order valence-electron chi connectivity index (χ2n) is 6.04. The van der Waals surface area contributed by atoms with Gasteiger partial charge in [0.25, 0.3) is 0 Å². The summed E-state index contributed by atoms with van der Waals surface area (Å²) in [5, 5.41) is 43.4. The van der Waals surface area contributed by atoms with Crippen LogP contribution in [0.1, 0.15) is 11.1 Å². The van der Waals surface area contributed by atoms with Crippen LogP contribution in [0.15, 0.2) is 60.7 Å². The number of phenolic OH excluding ortho intramolecular Hbond substituents is 4. The number of benzene rings is 4. The second-order valence-corrected chi connectivity index (χ2v) is 6.04. The molecule has 0 atom stereocenters. The van der Waals surface area contributed by atoms with Crippen LogP contribution in [-0.2, 0) is 6.42 Å². The van der Waals surface area contributed by atoms with Crippen molar-refractivity contribution >= 4 is 21.5 Å². The Bertz CT molecular complexity index is 1110. The first-order chi connectivity index (χ1) is 12.1. The van der Waals surface area contributed by atoms with Gasteiger partial charge in [0.2, 0.25) is 5.75 Å². The fourth-order valence-corrected chi connectivity index (χ4v) is 3.36. The van der Waals surface area contributed by atoms with E-state index in [2.05, 4.69) is 0 Å². The summed E-state index contributed by atoms with van der Waals surface area (Å²) in [7, 11) is 0. The van der Waals surface area contributed by atoms with Gasteiger partial charge in [-0.3, -0.25) is 0 Å². The van der Waals surface area contributed by atoms with E-state index in [1.807, 2.05) is 42.5 Å². The highest BCUT2D eigenvalue weighted by Crippen LogP contribution is 2.48. The minimum atomic E-state index is -0.621. The SMILES string of the molecule is Oc1c(O)c(O)c2c(O)cccc2c1Cc1cccc2ccccc12. The molecular formula is C21H16O4. The van der Waals surface area contributed by atoms with Crippen LogP contribution >= 0.6 is 0 Å². The highest BCUT2D eigenvalue weighted by Gasteiger charge is 2.21. The van der Waals surface area contributed by atoms with Gasteiger partial charge < -0.3 is 20.4 Å². The molecule has 0 amide bonds. The van der Waals surface area contributed by atoms with E-state index in [4.69, 9.17) is 0 Å². The Morgan fingerprint density at radius 1 is 0.600 bits per heavy atom. The number of rotatable bonds is 2. The van der Waals surface area contributed by atoms with Gasteiger partial charge in [0.15, 0.2) is 11.5 Å². The molecule has 25 heavy (non-hydrogen) atoms. The molecule has 124 valence electrons. The van der Waals surface area contributed by atoms with Gasteiger partial charge in [-0.05, 0) is 27.8 Å². The van der Waals surface area contributed by atoms with E-state index in [9.17, 15) is 20.4 Å². The van der Waals surface area contributed by atoms with Crippen molar-refractivity contribution in [3.8, 4) is 23.0 Å². The summed E-state index contributed by atoms with van der Waals surface area (Å²) in [6.07, 6.45) is 0.348. The molecule has 4 nitrogen and oxygen atoms in total. The number of phenols is 4. The molecule has 0 aromatic heterocycles. The lowest BCUT2D eigenvalue weighted by Gasteiger charge is -2.15. The zero-order valence-electron chi connectivity index (χ0n) is 13.3. The van der Waals surface area contributed by atoms with Crippen molar-refractivity contribution in [1.29, 1.82) is 0 Å². The van der Waals surface area contributed by atoms with Gasteiger partial charge in [-0.2, -0.15) is 0 Å². The maximum atomic E-state index is 10.4. The first-order valence-corrected chi connectivity index (χ1v) is 7.92. The summed E-state index contributed by atoms with van der Waals surface area (Å²) in [4.78, 5) is 0. The van der Waals surface area contributed by atoms with Crippen LogP contribution in [0.25, 0.3) is 21.5 Å². The smallest absolute Gasteiger partial charge is 0.201 e. The van der Waals surface area contributed by atoms with E-state index in [0.717, 1.165) is 16.3 Å². The standard InChI is InChI=1S/C21H16O4/c22-17-10-4-9-15-16(19(23)21(25)20(24)18(15)17)11-13-7-3-6-12-5-1-2-8-14(12)13/h1-10,22-25H,11H2. The van der Waals surface area contributed by atoms with E-state index in [1.54, 1.807) is 12.1 Å². The summed E-state index contributed by atoms with van der Waals surface area (Å²) >= 11 is 0. The molecule has 0 unspecified atom stereocenters. The Kier molecular flexibility index (Phi) is 3.39. The highest BCUT2D eigenvalue weighted by molar-refractivity contribution is 6.00. The Balaban J connectivity index is 2.00. The van der Waals surface area contributed by atoms with Gasteiger partial charge in [-0.15, -0.1) is 0 Å². The number of aromatic hydroxyl groups is 4. The van der Waals surface area contributed by atoms with Gasteiger partial charge in [0, 0.05) is 12.0 Å². The molecule has 4 aromatic rings. The summed E-state index contributed by atoms with van der Waals surface area (Å²) in [6.45, 7) is 0. The predicted octanol–water partition coefficient (Wildman–Crippen LogP) is 4.41. The molecule has 0 radical (unpaired) electrons. The van der Waals surface area contributed by atoms with E-state index < -0.39 is 11.5 Å². The van der Waals surface area contributed by atoms with Crippen molar-refractivity contribution in [1.82, 2.24) is 0 Å². The van der Waals surface area contributed by atoms with Gasteiger partial charge >= 0.3 is 0 Å². The molecule has 4 heteroatoms. The molecule has 0 saturated heterocycles. The molecule has 4 rings (SSSR count). The van der Waals surface area contributed by atoms with Crippen LogP contribution in [0.2, 0.25) is 0 Å². The van der Waals surface area contributed by atoms with Crippen LogP contribution < -0.4 is 0 Å². The van der Waals surface area contributed by atoms with Crippen LogP contribution in [0.4, 0.5) is 0 Å². The van der Waals surface area contributed by atoms with Crippen molar-refractivity contribution in [2.75, 3.05) is 0 Å². The summed E-state index contributed by atoms with van der Waals surface area (Å²) in [5.74, 6) is -1.66. The maximum absolute atomic E-state index is 10.4. The number of hydrogen-bond acceptors (Lipinski definition) is 4. The number of hydrogen-bond donors (Lipinski definition) is 4. The van der Waals surface area contributed by atoms with Crippen molar-refractivity contribution in [3.63, 3.8) is 0 Å². The lowest BCUT2D eigenvalue weighted by atomic mass is 9.93. The van der Waals surface area contributed by atoms with Crippen molar-refractivity contribution in [2.24, 2.45) is 0 Å². The van der Waals surface area contributed by atoms with Crippen LogP contribution in [0.5, 0.6) is 23.0 Å². The zero-order valence-corrected chi connectivity index (χ0v) is 13.3. The van der Waals surface area contributed by atoms with Crippen LogP contribution in [0.3, 0.4) is 0 Å². The molecule has 0 fully saturated rings. The molecule has 0 aliphatic rings. The highest BCUT2D eigenvalue weighted by atomic mass is 16.3. The second kappa shape index (κ2) is 5.60. The van der Waals surface area contributed by atoms with E-state index in [1.165, 1.54) is 6.07 Å². The minimum absolute atomic E-state index is 0.132. The molecule has 4 aromatic carbocycles. The third-order valence-corrected chi connectivity index (χ3v) is 4.59. The molecule has 0 aliphatic heterocycles. The van der Waals surface area contributed by atoms with Gasteiger partial charge in [0.05, 0.1) is 5.39 Å². The van der Waals surface area contributed by atoms with E-state index >= 15 is 0 Å². The lowest BCUT2D eigenvalue weighted by Crippen LogP contribution is -1.94. The van der Waals surface area contributed by atoms with Gasteiger partial charge in [-0.1, -0.05) is 54.6 Å². The largest absolute Gasteiger partial charge is 0.507 e. The maximum Gasteiger partial charge on any atom is 0.201 e. The summed E-state index contributed by atoms with van der Waals surface area (Å²) in [5.41, 5.74) is 1.43. The third-order valence-electron chi connectivity index (χ3n) is 4.59. The quantitative estimate of drug-likeness (QED) is 0.410. The minimum Gasteiger partial charge on any atom is -0.507 e. The van der Waals surface area contributed by atoms with Gasteiger partial charge in [-0.25, -0.2) is 0 Å². The average Bonchev–Trinajstić information content (AvgIpc) is 2.63. The first kappa shape index (κ1) is 15.1. The van der Waals surface area contributed by atoms with E-state index in [0.29, 0.717) is 17.4 Å².